The zero-order valence-electron chi connectivity index (χ0n) is 13.7. The van der Waals surface area contributed by atoms with Gasteiger partial charge in [0.2, 0.25) is 0 Å². The maximum absolute atomic E-state index is 11.9. The topological polar surface area (TPSA) is 88.4 Å². The molecule has 0 spiro atoms. The van der Waals surface area contributed by atoms with Crippen molar-refractivity contribution < 1.29 is 19.1 Å². The van der Waals surface area contributed by atoms with Gasteiger partial charge in [0.1, 0.15) is 5.75 Å². The zero-order valence-corrected chi connectivity index (χ0v) is 15.2. The van der Waals surface area contributed by atoms with E-state index in [2.05, 4.69) is 5.32 Å². The minimum absolute atomic E-state index is 0.257. The van der Waals surface area contributed by atoms with Gasteiger partial charge >= 0.3 is 5.97 Å². The summed E-state index contributed by atoms with van der Waals surface area (Å²) in [5.41, 5.74) is 0.837. The predicted octanol–water partition coefficient (Wildman–Crippen LogP) is 3.81. The maximum Gasteiger partial charge on any atom is 0.347 e. The van der Waals surface area contributed by atoms with Crippen molar-refractivity contribution in [3.8, 4) is 11.8 Å². The molecule has 0 aliphatic heterocycles. The van der Waals surface area contributed by atoms with Gasteiger partial charge in [-0.05, 0) is 43.3 Å². The van der Waals surface area contributed by atoms with Gasteiger partial charge in [0, 0.05) is 10.7 Å². The lowest BCUT2D eigenvalue weighted by atomic mass is 10.2. The van der Waals surface area contributed by atoms with Crippen LogP contribution in [0.15, 0.2) is 42.5 Å². The summed E-state index contributed by atoms with van der Waals surface area (Å²) in [4.78, 5) is 23.8. The second-order valence-electron chi connectivity index (χ2n) is 5.18. The Bertz CT molecular complexity index is 865. The van der Waals surface area contributed by atoms with Crippen LogP contribution in [0, 0.1) is 11.3 Å². The lowest BCUT2D eigenvalue weighted by Gasteiger charge is -2.15. The molecule has 2 rings (SSSR count). The summed E-state index contributed by atoms with van der Waals surface area (Å²) in [5.74, 6) is -0.986. The molecule has 1 amide bonds. The summed E-state index contributed by atoms with van der Waals surface area (Å²) in [6.07, 6.45) is -0.969. The molecule has 1 N–H and O–H groups in total. The monoisotopic (exact) mass is 392 g/mol. The minimum Gasteiger partial charge on any atom is -0.477 e. The average molecular weight is 393 g/mol. The van der Waals surface area contributed by atoms with E-state index in [0.29, 0.717) is 16.3 Å². The van der Waals surface area contributed by atoms with Gasteiger partial charge in [-0.15, -0.1) is 0 Å². The number of benzene rings is 2. The third-order valence-corrected chi connectivity index (χ3v) is 3.68. The van der Waals surface area contributed by atoms with Crippen LogP contribution in [-0.2, 0) is 14.3 Å². The number of anilines is 1. The second-order valence-corrected chi connectivity index (χ2v) is 6.03. The molecule has 8 heteroatoms. The van der Waals surface area contributed by atoms with Gasteiger partial charge in [0.05, 0.1) is 16.7 Å². The molecular formula is C18H14Cl2N2O4. The van der Waals surface area contributed by atoms with E-state index in [0.717, 1.165) is 0 Å². The van der Waals surface area contributed by atoms with Crippen LogP contribution in [0.2, 0.25) is 10.0 Å². The number of nitriles is 1. The molecule has 0 unspecified atom stereocenters. The van der Waals surface area contributed by atoms with Gasteiger partial charge < -0.3 is 14.8 Å². The Labute approximate surface area is 160 Å². The van der Waals surface area contributed by atoms with Gasteiger partial charge in [-0.2, -0.15) is 5.26 Å². The number of carbonyl (C=O) groups is 2. The van der Waals surface area contributed by atoms with Crippen molar-refractivity contribution in [3.05, 3.63) is 58.1 Å². The van der Waals surface area contributed by atoms with E-state index in [1.165, 1.54) is 25.1 Å². The van der Waals surface area contributed by atoms with Gasteiger partial charge in [-0.25, -0.2) is 4.79 Å². The van der Waals surface area contributed by atoms with Crippen LogP contribution >= 0.6 is 23.2 Å². The van der Waals surface area contributed by atoms with Crippen molar-refractivity contribution in [2.24, 2.45) is 0 Å². The summed E-state index contributed by atoms with van der Waals surface area (Å²) >= 11 is 11.8. The van der Waals surface area contributed by atoms with E-state index < -0.39 is 24.6 Å². The molecule has 2 aromatic carbocycles. The van der Waals surface area contributed by atoms with Crippen LogP contribution in [0.3, 0.4) is 0 Å². The van der Waals surface area contributed by atoms with Crippen LogP contribution in [0.1, 0.15) is 12.5 Å². The fraction of sp³-hybridized carbons (Fsp3) is 0.167. The summed E-state index contributed by atoms with van der Waals surface area (Å²) in [6, 6.07) is 12.9. The number of ether oxygens (including phenoxy) is 2. The molecule has 0 radical (unpaired) electrons. The Morgan fingerprint density at radius 3 is 2.69 bits per heavy atom. The molecular weight excluding hydrogens is 379 g/mol. The lowest BCUT2D eigenvalue weighted by Crippen LogP contribution is -2.29. The number of amides is 1. The molecule has 0 saturated heterocycles. The number of halogens is 2. The molecule has 0 saturated carbocycles. The minimum atomic E-state index is -0.969. The number of esters is 1. The molecule has 0 aliphatic rings. The Hall–Kier alpha value is -2.75. The molecule has 0 aliphatic carbocycles. The Morgan fingerprint density at radius 2 is 2.00 bits per heavy atom. The molecule has 134 valence electrons. The maximum atomic E-state index is 11.9. The van der Waals surface area contributed by atoms with Gasteiger partial charge in [0.15, 0.2) is 12.7 Å². The van der Waals surface area contributed by atoms with Gasteiger partial charge in [-0.1, -0.05) is 29.3 Å². The molecule has 0 aromatic heterocycles. The van der Waals surface area contributed by atoms with E-state index in [1.807, 2.05) is 6.07 Å². The molecule has 2 aromatic rings. The Morgan fingerprint density at radius 1 is 1.23 bits per heavy atom. The van der Waals surface area contributed by atoms with Crippen LogP contribution < -0.4 is 10.1 Å². The van der Waals surface area contributed by atoms with Crippen LogP contribution in [0.25, 0.3) is 0 Å². The van der Waals surface area contributed by atoms with Crippen molar-refractivity contribution in [3.63, 3.8) is 0 Å². The van der Waals surface area contributed by atoms with Gasteiger partial charge in [-0.3, -0.25) is 4.79 Å². The third kappa shape index (κ3) is 5.66. The number of hydrogen-bond acceptors (Lipinski definition) is 5. The van der Waals surface area contributed by atoms with Crippen molar-refractivity contribution in [2.75, 3.05) is 11.9 Å². The van der Waals surface area contributed by atoms with Crippen molar-refractivity contribution in [1.82, 2.24) is 0 Å². The summed E-state index contributed by atoms with van der Waals surface area (Å²) in [6.45, 7) is 0.985. The first-order valence-corrected chi connectivity index (χ1v) is 8.23. The van der Waals surface area contributed by atoms with E-state index in [4.69, 9.17) is 37.9 Å². The average Bonchev–Trinajstić information content (AvgIpc) is 2.62. The van der Waals surface area contributed by atoms with E-state index in [9.17, 15) is 9.59 Å². The van der Waals surface area contributed by atoms with E-state index in [1.54, 1.807) is 24.3 Å². The summed E-state index contributed by atoms with van der Waals surface area (Å²) in [7, 11) is 0. The quantitative estimate of drug-likeness (QED) is 0.754. The summed E-state index contributed by atoms with van der Waals surface area (Å²) in [5, 5.41) is 12.1. The smallest absolute Gasteiger partial charge is 0.347 e. The SMILES string of the molecule is C[C@H](Oc1ccc(Cl)cc1Cl)C(=O)OCC(=O)Nc1cccc(C#N)c1. The highest BCUT2D eigenvalue weighted by molar-refractivity contribution is 6.35. The fourth-order valence-electron chi connectivity index (χ4n) is 1.93. The fourth-order valence-corrected chi connectivity index (χ4v) is 2.38. The molecule has 6 nitrogen and oxygen atoms in total. The molecule has 0 bridgehead atoms. The first-order valence-electron chi connectivity index (χ1n) is 7.47. The van der Waals surface area contributed by atoms with E-state index >= 15 is 0 Å². The highest BCUT2D eigenvalue weighted by Gasteiger charge is 2.19. The Balaban J connectivity index is 1.85. The predicted molar refractivity (Wildman–Crippen MR) is 97.3 cm³/mol. The number of rotatable bonds is 6. The number of nitrogens with zero attached hydrogens (tertiary/aromatic N) is 1. The van der Waals surface area contributed by atoms with Crippen molar-refractivity contribution >= 4 is 40.8 Å². The number of carbonyl (C=O) groups excluding carboxylic acids is 2. The van der Waals surface area contributed by atoms with E-state index in [-0.39, 0.29) is 10.8 Å². The first-order chi connectivity index (χ1) is 12.4. The molecule has 26 heavy (non-hydrogen) atoms. The van der Waals surface area contributed by atoms with Crippen LogP contribution in [0.5, 0.6) is 5.75 Å². The van der Waals surface area contributed by atoms with Crippen molar-refractivity contribution in [1.29, 1.82) is 5.26 Å². The largest absolute Gasteiger partial charge is 0.477 e. The number of hydrogen-bond donors (Lipinski definition) is 1. The first kappa shape index (κ1) is 19.6. The molecule has 1 atom stereocenters. The van der Waals surface area contributed by atoms with Crippen LogP contribution in [-0.4, -0.2) is 24.6 Å². The zero-order chi connectivity index (χ0) is 19.1. The molecule has 0 fully saturated rings. The summed E-state index contributed by atoms with van der Waals surface area (Å²) < 4.78 is 10.3. The van der Waals surface area contributed by atoms with Crippen LogP contribution in [0.4, 0.5) is 5.69 Å². The van der Waals surface area contributed by atoms with Gasteiger partial charge in [0.25, 0.3) is 5.91 Å². The lowest BCUT2D eigenvalue weighted by molar-refractivity contribution is -0.153. The Kier molecular flexibility index (Phi) is 6.84. The normalized spacial score (nSPS) is 11.2. The highest BCUT2D eigenvalue weighted by Crippen LogP contribution is 2.28. The second kappa shape index (κ2) is 9.09. The van der Waals surface area contributed by atoms with Crippen molar-refractivity contribution in [2.45, 2.75) is 13.0 Å². The molecule has 0 heterocycles. The standard InChI is InChI=1S/C18H14Cl2N2O4/c1-11(26-16-6-5-13(19)8-15(16)20)18(24)25-10-17(23)22-14-4-2-3-12(7-14)9-21/h2-8,11H,10H2,1H3,(H,22,23)/t11-/m0/s1. The third-order valence-electron chi connectivity index (χ3n) is 3.15. The highest BCUT2D eigenvalue weighted by atomic mass is 35.5. The number of nitrogens with one attached hydrogen (secondary N) is 1.